The van der Waals surface area contributed by atoms with Crippen LogP contribution in [-0.4, -0.2) is 86.1 Å². The van der Waals surface area contributed by atoms with E-state index in [0.29, 0.717) is 30.3 Å². The number of quaternary nitrogens is 1. The van der Waals surface area contributed by atoms with Gasteiger partial charge in [0.15, 0.2) is 6.10 Å². The summed E-state index contributed by atoms with van der Waals surface area (Å²) in [5.41, 5.74) is 0. The van der Waals surface area contributed by atoms with E-state index in [0.717, 1.165) is 57.8 Å². The first kappa shape index (κ1) is 55.6. The molecule has 59 heavy (non-hydrogen) atoms. The molecule has 10 nitrogen and oxygen atoms in total. The van der Waals surface area contributed by atoms with Gasteiger partial charge in [0, 0.05) is 12.8 Å². The van der Waals surface area contributed by atoms with Gasteiger partial charge in [-0.2, -0.15) is 0 Å². The molecule has 0 aromatic heterocycles. The van der Waals surface area contributed by atoms with Crippen molar-refractivity contribution in [1.82, 2.24) is 0 Å². The third-order valence-electron chi connectivity index (χ3n) is 8.38. The lowest BCUT2D eigenvalue weighted by Gasteiger charge is -2.24. The molecular weight excluding hydrogens is 766 g/mol. The highest BCUT2D eigenvalue weighted by atomic mass is 31.2. The Labute approximate surface area is 358 Å². The van der Waals surface area contributed by atoms with Crippen LogP contribution in [0.3, 0.4) is 0 Å². The van der Waals surface area contributed by atoms with Gasteiger partial charge < -0.3 is 24.0 Å². The van der Waals surface area contributed by atoms with Gasteiger partial charge in [-0.05, 0) is 83.5 Å². The van der Waals surface area contributed by atoms with E-state index in [-0.39, 0.29) is 26.1 Å². The minimum Gasteiger partial charge on any atom is -0.462 e. The Hall–Kier alpha value is -3.37. The molecule has 0 amide bonds. The number of esters is 2. The zero-order valence-corrected chi connectivity index (χ0v) is 37.9. The fourth-order valence-electron chi connectivity index (χ4n) is 4.95. The summed E-state index contributed by atoms with van der Waals surface area (Å²) >= 11 is 0. The molecule has 2 N–H and O–H groups in total. The summed E-state index contributed by atoms with van der Waals surface area (Å²) in [7, 11) is 1.32. The SMILES string of the molecule is CC/C=C\C/C=C\C/C=C\C/C=C\C=C/C(O)C/C=C\CCC(=O)O[C@H](COC(=O)CCCC/C=C\C/C=C\C/C=C\CCCCC)COP(=O)(O)OCC[N+](C)(C)C. The van der Waals surface area contributed by atoms with Crippen LogP contribution in [0.4, 0.5) is 0 Å². The van der Waals surface area contributed by atoms with Gasteiger partial charge in [0.2, 0.25) is 0 Å². The van der Waals surface area contributed by atoms with Crippen molar-refractivity contribution >= 4 is 19.8 Å². The summed E-state index contributed by atoms with van der Waals surface area (Å²) in [5, 5.41) is 10.2. The third kappa shape index (κ3) is 42.6. The average Bonchev–Trinajstić information content (AvgIpc) is 3.18. The predicted molar refractivity (Wildman–Crippen MR) is 244 cm³/mol. The number of ether oxygens (including phenoxy) is 2. The summed E-state index contributed by atoms with van der Waals surface area (Å²) in [5.74, 6) is -1.04. The fourth-order valence-corrected chi connectivity index (χ4v) is 5.69. The molecule has 0 aliphatic rings. The number of allylic oxidation sites excluding steroid dienone is 16. The number of nitrogens with zero attached hydrogens (tertiary/aromatic N) is 1. The highest BCUT2D eigenvalue weighted by Gasteiger charge is 2.27. The van der Waals surface area contributed by atoms with Crippen molar-refractivity contribution in [2.75, 3.05) is 47.5 Å². The van der Waals surface area contributed by atoms with Crippen LogP contribution in [0.2, 0.25) is 0 Å². The Bertz CT molecular complexity index is 1380. The molecule has 0 saturated carbocycles. The smallest absolute Gasteiger partial charge is 0.462 e. The molecule has 0 aromatic carbocycles. The molecule has 0 bridgehead atoms. The van der Waals surface area contributed by atoms with Crippen LogP contribution in [0.5, 0.6) is 0 Å². The van der Waals surface area contributed by atoms with Crippen molar-refractivity contribution in [3.63, 3.8) is 0 Å². The molecule has 0 spiro atoms. The number of phosphoric acid groups is 1. The molecule has 334 valence electrons. The van der Waals surface area contributed by atoms with Crippen molar-refractivity contribution in [2.45, 2.75) is 135 Å². The lowest BCUT2D eigenvalue weighted by atomic mass is 10.1. The number of phosphoric ester groups is 1. The molecule has 0 aliphatic carbocycles. The van der Waals surface area contributed by atoms with Crippen molar-refractivity contribution in [3.8, 4) is 0 Å². The van der Waals surface area contributed by atoms with E-state index in [4.69, 9.17) is 18.5 Å². The van der Waals surface area contributed by atoms with Crippen LogP contribution >= 0.6 is 7.82 Å². The summed E-state index contributed by atoms with van der Waals surface area (Å²) in [6.07, 6.45) is 48.9. The standard InChI is InChI=1S/C48H78NO9P/c1-6-8-10-12-14-16-18-20-21-23-25-27-29-31-35-39-47(51)55-43-46(44-57-59(53,54)56-42-41-49(3,4)5)58-48(52)40-36-32-34-38-45(50)37-33-30-28-26-24-22-19-17-15-13-11-9-7-2/h9,11,14-17,20-22,24-25,27-28,30,32-34,37,45-46,50H,6-8,10,12-13,18-19,23,26,29,31,35-36,38-44H2,1-5H3/p+1/b11-9-,16-14-,17-15-,21-20-,24-22-,27-25-,30-28-,34-32-,37-33-/t45?,46-/m1/s1. The zero-order chi connectivity index (χ0) is 43.7. The maximum atomic E-state index is 12.7. The maximum absolute atomic E-state index is 12.7. The normalized spacial score (nSPS) is 15.2. The highest BCUT2D eigenvalue weighted by Crippen LogP contribution is 2.43. The first-order valence-electron chi connectivity index (χ1n) is 21.7. The lowest BCUT2D eigenvalue weighted by Crippen LogP contribution is -2.37. The van der Waals surface area contributed by atoms with E-state index in [1.165, 1.54) is 19.3 Å². The van der Waals surface area contributed by atoms with Crippen molar-refractivity contribution < 1.29 is 47.2 Å². The second kappa shape index (κ2) is 38.8. The Kier molecular flexibility index (Phi) is 36.6. The van der Waals surface area contributed by atoms with Crippen LogP contribution in [0.1, 0.15) is 123 Å². The Balaban J connectivity index is 4.69. The molecule has 3 atom stereocenters. The van der Waals surface area contributed by atoms with Crippen LogP contribution in [-0.2, 0) is 32.7 Å². The summed E-state index contributed by atoms with van der Waals surface area (Å²) in [4.78, 5) is 35.3. The molecule has 0 saturated heterocycles. The van der Waals surface area contributed by atoms with Gasteiger partial charge in [0.1, 0.15) is 19.8 Å². The predicted octanol–water partition coefficient (Wildman–Crippen LogP) is 11.3. The van der Waals surface area contributed by atoms with Crippen molar-refractivity contribution in [2.24, 2.45) is 0 Å². The third-order valence-corrected chi connectivity index (χ3v) is 9.37. The Morgan fingerprint density at radius 3 is 1.78 bits per heavy atom. The fraction of sp³-hybridized carbons (Fsp3) is 0.583. The molecule has 0 heterocycles. The van der Waals surface area contributed by atoms with Gasteiger partial charge in [-0.1, -0.05) is 136 Å². The van der Waals surface area contributed by atoms with Gasteiger partial charge in [-0.15, -0.1) is 0 Å². The molecule has 0 fully saturated rings. The quantitative estimate of drug-likeness (QED) is 0.0157. The van der Waals surface area contributed by atoms with E-state index < -0.39 is 38.6 Å². The number of likely N-dealkylation sites (N-methyl/N-ethyl adjacent to an activating group) is 1. The second-order valence-electron chi connectivity index (χ2n) is 15.2. The first-order valence-corrected chi connectivity index (χ1v) is 23.2. The van der Waals surface area contributed by atoms with Crippen LogP contribution < -0.4 is 0 Å². The number of hydrogen-bond acceptors (Lipinski definition) is 8. The number of rotatable bonds is 37. The number of aliphatic hydroxyl groups is 1. The van der Waals surface area contributed by atoms with Crippen molar-refractivity contribution in [3.05, 3.63) is 109 Å². The lowest BCUT2D eigenvalue weighted by molar-refractivity contribution is -0.870. The van der Waals surface area contributed by atoms with Gasteiger partial charge in [0.05, 0.1) is 33.9 Å². The van der Waals surface area contributed by atoms with E-state index >= 15 is 0 Å². The summed E-state index contributed by atoms with van der Waals surface area (Å²) in [6, 6.07) is 0. The van der Waals surface area contributed by atoms with E-state index in [9.17, 15) is 24.2 Å². The largest absolute Gasteiger partial charge is 0.472 e. The Morgan fingerprint density at radius 1 is 0.627 bits per heavy atom. The average molecular weight is 845 g/mol. The van der Waals surface area contributed by atoms with Crippen molar-refractivity contribution in [1.29, 1.82) is 0 Å². The molecule has 0 aromatic rings. The Morgan fingerprint density at radius 2 is 1.19 bits per heavy atom. The van der Waals surface area contributed by atoms with Crippen LogP contribution in [0.25, 0.3) is 0 Å². The summed E-state index contributed by atoms with van der Waals surface area (Å²) in [6.45, 7) is 3.99. The summed E-state index contributed by atoms with van der Waals surface area (Å²) < 4.78 is 34.1. The minimum absolute atomic E-state index is 0.0132. The molecule has 11 heteroatoms. The molecular formula is C48H79NO9P+. The number of carbonyl (C=O) groups is 2. The van der Waals surface area contributed by atoms with Crippen LogP contribution in [0.15, 0.2) is 109 Å². The van der Waals surface area contributed by atoms with Gasteiger partial charge in [-0.3, -0.25) is 18.6 Å². The van der Waals surface area contributed by atoms with Gasteiger partial charge in [-0.25, -0.2) is 4.57 Å². The maximum Gasteiger partial charge on any atom is 0.472 e. The van der Waals surface area contributed by atoms with Crippen LogP contribution in [0, 0.1) is 0 Å². The zero-order valence-electron chi connectivity index (χ0n) is 37.0. The van der Waals surface area contributed by atoms with Gasteiger partial charge in [0.25, 0.3) is 0 Å². The minimum atomic E-state index is -4.44. The van der Waals surface area contributed by atoms with E-state index in [1.807, 2.05) is 39.4 Å². The molecule has 2 unspecified atom stereocenters. The molecule has 0 aliphatic heterocycles. The molecule has 0 rings (SSSR count). The topological polar surface area (TPSA) is 129 Å². The number of hydrogen-bond donors (Lipinski definition) is 2. The van der Waals surface area contributed by atoms with E-state index in [2.05, 4.69) is 86.8 Å². The number of aliphatic hydroxyl groups excluding tert-OH is 1. The van der Waals surface area contributed by atoms with E-state index in [1.54, 1.807) is 18.2 Å². The number of unbranched alkanes of at least 4 members (excludes halogenated alkanes) is 5. The molecule has 0 radical (unpaired) electrons. The number of carbonyl (C=O) groups excluding carboxylic acids is 2. The monoisotopic (exact) mass is 845 g/mol. The first-order chi connectivity index (χ1) is 28.4. The second-order valence-corrected chi connectivity index (χ2v) is 16.6. The highest BCUT2D eigenvalue weighted by molar-refractivity contribution is 7.47. The van der Waals surface area contributed by atoms with Gasteiger partial charge >= 0.3 is 19.8 Å².